The molecular formula is C32H35N9O. The van der Waals surface area contributed by atoms with Crippen LogP contribution in [-0.2, 0) is 0 Å². The molecule has 5 aromatic rings. The molecule has 2 N–H and O–H groups in total. The summed E-state index contributed by atoms with van der Waals surface area (Å²) in [6.07, 6.45) is 3.51. The summed E-state index contributed by atoms with van der Waals surface area (Å²) >= 11 is 0. The number of hydrogen-bond acceptors (Lipinski definition) is 8. The van der Waals surface area contributed by atoms with Gasteiger partial charge in [0, 0.05) is 86.5 Å². The molecule has 0 radical (unpaired) electrons. The average Bonchev–Trinajstić information content (AvgIpc) is 3.48. The number of nitrogens with one attached hydrogen (secondary N) is 2. The second-order valence-corrected chi connectivity index (χ2v) is 10.8. The summed E-state index contributed by atoms with van der Waals surface area (Å²) in [6.45, 7) is 6.14. The van der Waals surface area contributed by atoms with Gasteiger partial charge in [0.25, 0.3) is 5.91 Å². The van der Waals surface area contributed by atoms with Crippen LogP contribution in [0.5, 0.6) is 0 Å². The number of anilines is 5. The quantitative estimate of drug-likeness (QED) is 0.290. The van der Waals surface area contributed by atoms with Crippen LogP contribution < -0.4 is 20.4 Å². The number of carbonyl (C=O) groups is 1. The van der Waals surface area contributed by atoms with Gasteiger partial charge in [-0.3, -0.25) is 4.79 Å². The molecule has 0 spiro atoms. The van der Waals surface area contributed by atoms with Gasteiger partial charge in [-0.05, 0) is 74.1 Å². The van der Waals surface area contributed by atoms with Crippen LogP contribution in [0.25, 0.3) is 17.0 Å². The predicted octanol–water partition coefficient (Wildman–Crippen LogP) is 4.91. The first-order valence-corrected chi connectivity index (χ1v) is 14.1. The number of nitrogens with zero attached hydrogens (tertiary/aromatic N) is 7. The number of hydrogen-bond donors (Lipinski definition) is 2. The molecule has 10 heteroatoms. The first kappa shape index (κ1) is 27.2. The molecule has 1 fully saturated rings. The molecule has 0 aliphatic carbocycles. The Morgan fingerprint density at radius 2 is 1.67 bits per heavy atom. The molecule has 0 unspecified atom stereocenters. The lowest BCUT2D eigenvalue weighted by Gasteiger charge is -2.34. The van der Waals surface area contributed by atoms with Gasteiger partial charge in [-0.25, -0.2) is 14.5 Å². The molecule has 1 amide bonds. The Labute approximate surface area is 245 Å². The van der Waals surface area contributed by atoms with E-state index in [4.69, 9.17) is 10.1 Å². The number of fused-ring (bicyclic) bond motifs is 1. The van der Waals surface area contributed by atoms with Gasteiger partial charge in [-0.1, -0.05) is 12.1 Å². The lowest BCUT2D eigenvalue weighted by atomic mass is 10.1. The summed E-state index contributed by atoms with van der Waals surface area (Å²) in [7, 11) is 6.11. The third kappa shape index (κ3) is 5.61. The summed E-state index contributed by atoms with van der Waals surface area (Å²) in [5.74, 6) is 0.960. The maximum atomic E-state index is 13.0. The first-order valence-electron chi connectivity index (χ1n) is 14.1. The normalized spacial score (nSPS) is 13.8. The molecule has 0 saturated carbocycles. The summed E-state index contributed by atoms with van der Waals surface area (Å²) < 4.78 is 1.72. The summed E-state index contributed by atoms with van der Waals surface area (Å²) in [5.41, 5.74) is 6.78. The van der Waals surface area contributed by atoms with Crippen LogP contribution >= 0.6 is 0 Å². The standard InChI is InChI=1S/C32H35N9O/c1-22-27(6-5-7-28(22)35-32(42)23-8-12-25(13-9-23)38(2)3)29-36-30(31-33-16-17-41(31)37-29)34-24-10-14-26(15-11-24)40-20-18-39(4)19-21-40/h5-17H,18-21H2,1-4H3,(H,35,42)(H,34,36,37). The van der Waals surface area contributed by atoms with Gasteiger partial charge in [0.05, 0.1) is 0 Å². The van der Waals surface area contributed by atoms with Gasteiger partial charge < -0.3 is 25.3 Å². The van der Waals surface area contributed by atoms with Crippen LogP contribution in [0.2, 0.25) is 0 Å². The van der Waals surface area contributed by atoms with Gasteiger partial charge >= 0.3 is 0 Å². The Hall–Kier alpha value is -4.96. The summed E-state index contributed by atoms with van der Waals surface area (Å²) in [4.78, 5) is 29.2. The minimum absolute atomic E-state index is 0.172. The highest BCUT2D eigenvalue weighted by atomic mass is 16.1. The molecule has 0 bridgehead atoms. The fraction of sp³-hybridized carbons (Fsp3) is 0.250. The van der Waals surface area contributed by atoms with Crippen molar-refractivity contribution in [1.82, 2.24) is 24.5 Å². The van der Waals surface area contributed by atoms with Crippen molar-refractivity contribution in [3.05, 3.63) is 90.3 Å². The second kappa shape index (κ2) is 11.5. The van der Waals surface area contributed by atoms with Crippen LogP contribution in [0.3, 0.4) is 0 Å². The lowest BCUT2D eigenvalue weighted by molar-refractivity contribution is 0.102. The van der Waals surface area contributed by atoms with E-state index in [0.29, 0.717) is 28.5 Å². The molecular weight excluding hydrogens is 526 g/mol. The topological polar surface area (TPSA) is 93.9 Å². The molecule has 0 atom stereocenters. The molecule has 2 aromatic heterocycles. The van der Waals surface area contributed by atoms with E-state index in [-0.39, 0.29) is 5.91 Å². The van der Waals surface area contributed by atoms with E-state index < -0.39 is 0 Å². The van der Waals surface area contributed by atoms with Crippen LogP contribution in [0.4, 0.5) is 28.6 Å². The van der Waals surface area contributed by atoms with Crippen molar-refractivity contribution in [2.75, 3.05) is 67.8 Å². The highest BCUT2D eigenvalue weighted by molar-refractivity contribution is 6.05. The van der Waals surface area contributed by atoms with E-state index >= 15 is 0 Å². The summed E-state index contributed by atoms with van der Waals surface area (Å²) in [5, 5.41) is 11.2. The van der Waals surface area contributed by atoms with Crippen molar-refractivity contribution in [3.63, 3.8) is 0 Å². The maximum absolute atomic E-state index is 13.0. The fourth-order valence-corrected chi connectivity index (χ4v) is 5.10. The van der Waals surface area contributed by atoms with Crippen LogP contribution in [0, 0.1) is 6.92 Å². The molecule has 1 aliphatic heterocycles. The van der Waals surface area contributed by atoms with Crippen molar-refractivity contribution >= 4 is 40.1 Å². The van der Waals surface area contributed by atoms with Gasteiger partial charge in [0.15, 0.2) is 17.3 Å². The lowest BCUT2D eigenvalue weighted by Crippen LogP contribution is -2.44. The number of amides is 1. The third-order valence-corrected chi connectivity index (χ3v) is 7.72. The van der Waals surface area contributed by atoms with E-state index in [1.165, 1.54) is 5.69 Å². The number of carbonyl (C=O) groups excluding carboxylic acids is 1. The van der Waals surface area contributed by atoms with Gasteiger partial charge in [-0.15, -0.1) is 5.10 Å². The summed E-state index contributed by atoms with van der Waals surface area (Å²) in [6, 6.07) is 21.7. The highest BCUT2D eigenvalue weighted by Crippen LogP contribution is 2.29. The smallest absolute Gasteiger partial charge is 0.255 e. The number of likely N-dealkylation sites (N-methyl/N-ethyl adjacent to an activating group) is 1. The number of rotatable bonds is 7. The van der Waals surface area contributed by atoms with E-state index in [1.54, 1.807) is 16.9 Å². The first-order chi connectivity index (χ1) is 20.4. The largest absolute Gasteiger partial charge is 0.378 e. The fourth-order valence-electron chi connectivity index (χ4n) is 5.10. The van der Waals surface area contributed by atoms with Gasteiger partial charge in [-0.2, -0.15) is 0 Å². The number of imidazole rings is 1. The third-order valence-electron chi connectivity index (χ3n) is 7.72. The average molecular weight is 562 g/mol. The Balaban J connectivity index is 1.25. The molecule has 214 valence electrons. The Kier molecular flexibility index (Phi) is 7.45. The van der Waals surface area contributed by atoms with E-state index in [2.05, 4.69) is 56.7 Å². The number of aromatic nitrogens is 4. The number of benzene rings is 3. The maximum Gasteiger partial charge on any atom is 0.255 e. The second-order valence-electron chi connectivity index (χ2n) is 10.8. The van der Waals surface area contributed by atoms with Crippen LogP contribution in [0.1, 0.15) is 15.9 Å². The zero-order valence-electron chi connectivity index (χ0n) is 24.4. The molecule has 1 saturated heterocycles. The minimum Gasteiger partial charge on any atom is -0.378 e. The van der Waals surface area contributed by atoms with Crippen molar-refractivity contribution < 1.29 is 4.79 Å². The highest BCUT2D eigenvalue weighted by Gasteiger charge is 2.17. The molecule has 6 rings (SSSR count). The van der Waals surface area contributed by atoms with Gasteiger partial charge in [0.1, 0.15) is 0 Å². The minimum atomic E-state index is -0.172. The van der Waals surface area contributed by atoms with Gasteiger partial charge in [0.2, 0.25) is 0 Å². The van der Waals surface area contributed by atoms with E-state index in [9.17, 15) is 4.79 Å². The molecule has 42 heavy (non-hydrogen) atoms. The Morgan fingerprint density at radius 3 is 2.38 bits per heavy atom. The van der Waals surface area contributed by atoms with Crippen molar-refractivity contribution in [3.8, 4) is 11.4 Å². The Morgan fingerprint density at radius 1 is 0.929 bits per heavy atom. The predicted molar refractivity (Wildman–Crippen MR) is 169 cm³/mol. The van der Waals surface area contributed by atoms with Crippen LogP contribution in [-0.4, -0.2) is 77.7 Å². The Bertz CT molecular complexity index is 1700. The van der Waals surface area contributed by atoms with Crippen molar-refractivity contribution in [2.24, 2.45) is 0 Å². The number of piperazine rings is 1. The van der Waals surface area contributed by atoms with Crippen LogP contribution in [0.15, 0.2) is 79.1 Å². The van der Waals surface area contributed by atoms with Crippen molar-refractivity contribution in [2.45, 2.75) is 6.92 Å². The molecule has 3 heterocycles. The molecule has 1 aliphatic rings. The van der Waals surface area contributed by atoms with Crippen molar-refractivity contribution in [1.29, 1.82) is 0 Å². The van der Waals surface area contributed by atoms with E-state index in [0.717, 1.165) is 48.7 Å². The zero-order valence-corrected chi connectivity index (χ0v) is 24.4. The monoisotopic (exact) mass is 561 g/mol. The SMILES string of the molecule is Cc1c(NC(=O)c2ccc(N(C)C)cc2)cccc1-c1nc(Nc2ccc(N3CCN(C)CC3)cc2)c2nccn2n1. The molecule has 10 nitrogen and oxygen atoms in total. The van der Waals surface area contributed by atoms with E-state index in [1.807, 2.05) is 68.4 Å². The zero-order chi connectivity index (χ0) is 29.2. The molecule has 3 aromatic carbocycles.